The van der Waals surface area contributed by atoms with Gasteiger partial charge in [0.2, 0.25) is 0 Å². The molecule has 15 heavy (non-hydrogen) atoms. The van der Waals surface area contributed by atoms with E-state index in [1.807, 2.05) is 0 Å². The molecule has 0 bridgehead atoms. The van der Waals surface area contributed by atoms with Crippen molar-refractivity contribution in [3.05, 3.63) is 23.3 Å². The fourth-order valence-corrected chi connectivity index (χ4v) is 4.94. The molecule has 2 aliphatic rings. The second-order valence-corrected chi connectivity index (χ2v) is 11.9. The van der Waals surface area contributed by atoms with E-state index in [2.05, 4.69) is 38.7 Å². The van der Waals surface area contributed by atoms with Gasteiger partial charge in [0.1, 0.15) is 0 Å². The summed E-state index contributed by atoms with van der Waals surface area (Å²) in [6.45, 7) is 9.88. The first-order chi connectivity index (χ1) is 6.95. The van der Waals surface area contributed by atoms with E-state index in [9.17, 15) is 0 Å². The van der Waals surface area contributed by atoms with Gasteiger partial charge in [-0.15, -0.1) is 0 Å². The molecule has 0 aliphatic heterocycles. The SMILES string of the molecule is CC1=CCCC/C1=C/C1([Si](C)(C)C)CC1. The van der Waals surface area contributed by atoms with Crippen molar-refractivity contribution < 1.29 is 0 Å². The molecule has 2 rings (SSSR count). The molecule has 1 saturated carbocycles. The summed E-state index contributed by atoms with van der Waals surface area (Å²) in [6.07, 6.45) is 12.0. The minimum atomic E-state index is -0.991. The lowest BCUT2D eigenvalue weighted by molar-refractivity contribution is 0.792. The van der Waals surface area contributed by atoms with Gasteiger partial charge in [0.05, 0.1) is 8.07 Å². The standard InChI is InChI=1S/C14H24Si/c1-12-7-5-6-8-13(12)11-14(9-10-14)15(2,3)4/h7,11H,5-6,8-10H2,1-4H3/b13-11-. The predicted molar refractivity (Wildman–Crippen MR) is 71.0 cm³/mol. The van der Waals surface area contributed by atoms with Crippen molar-refractivity contribution in [1.82, 2.24) is 0 Å². The van der Waals surface area contributed by atoms with E-state index in [0.717, 1.165) is 0 Å². The zero-order valence-electron chi connectivity index (χ0n) is 10.7. The number of rotatable bonds is 2. The normalized spacial score (nSPS) is 27.7. The minimum Gasteiger partial charge on any atom is -0.0813 e. The lowest BCUT2D eigenvalue weighted by Crippen LogP contribution is -2.28. The third kappa shape index (κ3) is 2.12. The highest BCUT2D eigenvalue weighted by Crippen LogP contribution is 2.62. The molecule has 2 aliphatic carbocycles. The Morgan fingerprint density at radius 1 is 1.27 bits per heavy atom. The van der Waals surface area contributed by atoms with Crippen molar-refractivity contribution >= 4 is 8.07 Å². The summed E-state index contributed by atoms with van der Waals surface area (Å²) in [5.41, 5.74) is 3.23. The summed E-state index contributed by atoms with van der Waals surface area (Å²) >= 11 is 0. The molecule has 0 atom stereocenters. The average molecular weight is 220 g/mol. The van der Waals surface area contributed by atoms with E-state index < -0.39 is 8.07 Å². The molecule has 0 N–H and O–H groups in total. The van der Waals surface area contributed by atoms with Gasteiger partial charge < -0.3 is 0 Å². The zero-order valence-corrected chi connectivity index (χ0v) is 11.7. The Balaban J connectivity index is 2.23. The van der Waals surface area contributed by atoms with Crippen LogP contribution in [0.2, 0.25) is 24.7 Å². The maximum absolute atomic E-state index is 2.67. The van der Waals surface area contributed by atoms with E-state index >= 15 is 0 Å². The van der Waals surface area contributed by atoms with Crippen LogP contribution in [0.5, 0.6) is 0 Å². The molecule has 1 fully saturated rings. The van der Waals surface area contributed by atoms with Crippen LogP contribution in [-0.4, -0.2) is 8.07 Å². The summed E-state index contributed by atoms with van der Waals surface area (Å²) in [6, 6.07) is 0. The van der Waals surface area contributed by atoms with Crippen molar-refractivity contribution in [2.24, 2.45) is 0 Å². The molecule has 0 nitrogen and oxygen atoms in total. The third-order valence-corrected chi connectivity index (χ3v) is 7.97. The Morgan fingerprint density at radius 2 is 1.93 bits per heavy atom. The lowest BCUT2D eigenvalue weighted by Gasteiger charge is -2.28. The topological polar surface area (TPSA) is 0 Å². The summed E-state index contributed by atoms with van der Waals surface area (Å²) in [7, 11) is -0.991. The molecule has 0 aromatic heterocycles. The molecule has 84 valence electrons. The van der Waals surface area contributed by atoms with Crippen LogP contribution >= 0.6 is 0 Å². The average Bonchev–Trinajstić information content (AvgIpc) is 2.89. The van der Waals surface area contributed by atoms with Gasteiger partial charge in [0.25, 0.3) is 0 Å². The van der Waals surface area contributed by atoms with Gasteiger partial charge in [-0.1, -0.05) is 37.4 Å². The van der Waals surface area contributed by atoms with E-state index in [1.165, 1.54) is 32.1 Å². The number of hydrogen-bond acceptors (Lipinski definition) is 0. The molecule has 0 amide bonds. The highest BCUT2D eigenvalue weighted by Gasteiger charge is 2.51. The lowest BCUT2D eigenvalue weighted by atomic mass is 9.93. The van der Waals surface area contributed by atoms with E-state index in [1.54, 1.807) is 11.1 Å². The molecular weight excluding hydrogens is 196 g/mol. The molecule has 0 aromatic rings. The van der Waals surface area contributed by atoms with Crippen LogP contribution in [0, 0.1) is 0 Å². The first-order valence-corrected chi connectivity index (χ1v) is 9.83. The summed E-state index contributed by atoms with van der Waals surface area (Å²) < 4.78 is 0. The third-order valence-electron chi connectivity index (χ3n) is 4.34. The van der Waals surface area contributed by atoms with E-state index in [4.69, 9.17) is 0 Å². The molecule has 0 heterocycles. The van der Waals surface area contributed by atoms with Crippen LogP contribution in [-0.2, 0) is 0 Å². The van der Waals surface area contributed by atoms with Crippen LogP contribution in [0.1, 0.15) is 39.0 Å². The highest BCUT2D eigenvalue weighted by molar-refractivity contribution is 6.80. The quantitative estimate of drug-likeness (QED) is 0.580. The molecule has 0 saturated heterocycles. The van der Waals surface area contributed by atoms with Crippen LogP contribution < -0.4 is 0 Å². The van der Waals surface area contributed by atoms with Crippen molar-refractivity contribution in [3.63, 3.8) is 0 Å². The van der Waals surface area contributed by atoms with Crippen molar-refractivity contribution in [2.75, 3.05) is 0 Å². The van der Waals surface area contributed by atoms with Crippen LogP contribution in [0.4, 0.5) is 0 Å². The van der Waals surface area contributed by atoms with Crippen LogP contribution in [0.15, 0.2) is 23.3 Å². The maximum Gasteiger partial charge on any atom is 0.0549 e. The Hall–Kier alpha value is -0.303. The van der Waals surface area contributed by atoms with Crippen molar-refractivity contribution in [2.45, 2.75) is 63.7 Å². The van der Waals surface area contributed by atoms with Gasteiger partial charge in [-0.25, -0.2) is 0 Å². The van der Waals surface area contributed by atoms with Gasteiger partial charge in [-0.05, 0) is 49.6 Å². The summed E-state index contributed by atoms with van der Waals surface area (Å²) in [5.74, 6) is 0. The Bertz CT molecular complexity index is 311. The molecule has 0 radical (unpaired) electrons. The Morgan fingerprint density at radius 3 is 2.40 bits per heavy atom. The molecule has 0 spiro atoms. The maximum atomic E-state index is 2.67. The molecular formula is C14H24Si. The van der Waals surface area contributed by atoms with Crippen LogP contribution in [0.25, 0.3) is 0 Å². The van der Waals surface area contributed by atoms with E-state index in [0.29, 0.717) is 5.04 Å². The second kappa shape index (κ2) is 3.62. The summed E-state index contributed by atoms with van der Waals surface area (Å²) in [5, 5.41) is 0.661. The number of hydrogen-bond donors (Lipinski definition) is 0. The minimum absolute atomic E-state index is 0.661. The van der Waals surface area contributed by atoms with Crippen molar-refractivity contribution in [1.29, 1.82) is 0 Å². The smallest absolute Gasteiger partial charge is 0.0549 e. The van der Waals surface area contributed by atoms with Gasteiger partial charge in [-0.3, -0.25) is 0 Å². The molecule has 1 heteroatoms. The van der Waals surface area contributed by atoms with Gasteiger partial charge in [0, 0.05) is 0 Å². The predicted octanol–water partition coefficient (Wildman–Crippen LogP) is 4.92. The van der Waals surface area contributed by atoms with Crippen molar-refractivity contribution in [3.8, 4) is 0 Å². The number of allylic oxidation sites excluding steroid dienone is 4. The molecule has 0 aromatic carbocycles. The first kappa shape index (κ1) is 11.2. The fourth-order valence-electron chi connectivity index (χ4n) is 2.70. The molecule has 0 unspecified atom stereocenters. The van der Waals surface area contributed by atoms with Crippen LogP contribution in [0.3, 0.4) is 0 Å². The van der Waals surface area contributed by atoms with E-state index in [-0.39, 0.29) is 0 Å². The summed E-state index contributed by atoms with van der Waals surface area (Å²) in [4.78, 5) is 0. The largest absolute Gasteiger partial charge is 0.0813 e. The highest BCUT2D eigenvalue weighted by atomic mass is 28.3. The van der Waals surface area contributed by atoms with Gasteiger partial charge >= 0.3 is 0 Å². The second-order valence-electron chi connectivity index (χ2n) is 6.36. The Labute approximate surface area is 95.5 Å². The zero-order chi connectivity index (χ0) is 11.1. The fraction of sp³-hybridized carbons (Fsp3) is 0.714. The van der Waals surface area contributed by atoms with Gasteiger partial charge in [-0.2, -0.15) is 0 Å². The Kier molecular flexibility index (Phi) is 2.70. The monoisotopic (exact) mass is 220 g/mol. The van der Waals surface area contributed by atoms with Gasteiger partial charge in [0.15, 0.2) is 0 Å². The first-order valence-electron chi connectivity index (χ1n) is 6.33.